The number of hydrogen-bond donors (Lipinski definition) is 0. The summed E-state index contributed by atoms with van der Waals surface area (Å²) in [5, 5.41) is 0. The lowest BCUT2D eigenvalue weighted by atomic mass is 10.1. The Morgan fingerprint density at radius 1 is 1.11 bits per heavy atom. The molecule has 2 aromatic rings. The van der Waals surface area contributed by atoms with Crippen molar-refractivity contribution in [2.24, 2.45) is 0 Å². The molecule has 0 atom stereocenters. The molecule has 19 heavy (non-hydrogen) atoms. The van der Waals surface area contributed by atoms with Crippen LogP contribution in [-0.2, 0) is 6.18 Å². The third kappa shape index (κ3) is 3.09. The van der Waals surface area contributed by atoms with Gasteiger partial charge in [0.2, 0.25) is 5.78 Å². The average molecular weight is 398 g/mol. The molecular formula is C12H5Br2F3O2. The predicted octanol–water partition coefficient (Wildman–Crippen LogP) is 5.05. The van der Waals surface area contributed by atoms with Crippen molar-refractivity contribution in [3.05, 3.63) is 56.4 Å². The Labute approximate surface area is 122 Å². The lowest BCUT2D eigenvalue weighted by Crippen LogP contribution is -2.09. The maximum Gasteiger partial charge on any atom is 0.417 e. The number of alkyl halides is 3. The highest BCUT2D eigenvalue weighted by Crippen LogP contribution is 2.35. The molecule has 0 fully saturated rings. The molecule has 100 valence electrons. The van der Waals surface area contributed by atoms with Crippen LogP contribution in [0, 0.1) is 0 Å². The molecule has 1 aromatic carbocycles. The zero-order valence-electron chi connectivity index (χ0n) is 9.09. The minimum absolute atomic E-state index is 0.0256. The van der Waals surface area contributed by atoms with Crippen molar-refractivity contribution < 1.29 is 22.4 Å². The van der Waals surface area contributed by atoms with Crippen LogP contribution in [0.5, 0.6) is 0 Å². The molecule has 0 N–H and O–H groups in total. The van der Waals surface area contributed by atoms with E-state index in [4.69, 9.17) is 4.42 Å². The molecule has 0 amide bonds. The van der Waals surface area contributed by atoms with Gasteiger partial charge in [-0.1, -0.05) is 15.9 Å². The van der Waals surface area contributed by atoms with Gasteiger partial charge in [-0.2, -0.15) is 13.2 Å². The summed E-state index contributed by atoms with van der Waals surface area (Å²) < 4.78 is 43.4. The number of ketones is 1. The molecule has 0 aliphatic heterocycles. The number of carbonyl (C=O) groups is 1. The Bertz CT molecular complexity index is 632. The largest absolute Gasteiger partial charge is 0.446 e. The molecular weight excluding hydrogens is 393 g/mol. The second kappa shape index (κ2) is 5.13. The van der Waals surface area contributed by atoms with E-state index in [9.17, 15) is 18.0 Å². The van der Waals surface area contributed by atoms with Crippen molar-refractivity contribution >= 4 is 37.6 Å². The summed E-state index contributed by atoms with van der Waals surface area (Å²) in [6.45, 7) is 0. The van der Waals surface area contributed by atoms with Gasteiger partial charge in [-0.3, -0.25) is 4.79 Å². The lowest BCUT2D eigenvalue weighted by molar-refractivity contribution is -0.138. The fraction of sp³-hybridized carbons (Fsp3) is 0.0833. The van der Waals surface area contributed by atoms with Crippen LogP contribution >= 0.6 is 31.9 Å². The first-order chi connectivity index (χ1) is 8.79. The van der Waals surface area contributed by atoms with Gasteiger partial charge in [-0.15, -0.1) is 0 Å². The Morgan fingerprint density at radius 3 is 2.32 bits per heavy atom. The Balaban J connectivity index is 2.44. The van der Waals surface area contributed by atoms with E-state index in [1.165, 1.54) is 24.3 Å². The van der Waals surface area contributed by atoms with E-state index in [0.29, 0.717) is 4.67 Å². The second-order valence-corrected chi connectivity index (χ2v) is 5.26. The summed E-state index contributed by atoms with van der Waals surface area (Å²) in [6, 6.07) is 6.17. The highest BCUT2D eigenvalue weighted by molar-refractivity contribution is 9.10. The SMILES string of the molecule is O=C(c1ccc(Br)c(C(F)(F)F)c1)c1ccc(Br)o1. The van der Waals surface area contributed by atoms with Gasteiger partial charge in [-0.25, -0.2) is 0 Å². The number of rotatable bonds is 2. The third-order valence-electron chi connectivity index (χ3n) is 2.33. The van der Waals surface area contributed by atoms with Crippen molar-refractivity contribution in [3.8, 4) is 0 Å². The fourth-order valence-corrected chi connectivity index (χ4v) is 2.24. The van der Waals surface area contributed by atoms with Gasteiger partial charge < -0.3 is 4.42 Å². The maximum absolute atomic E-state index is 12.7. The Morgan fingerprint density at radius 2 is 1.79 bits per heavy atom. The van der Waals surface area contributed by atoms with Crippen molar-refractivity contribution in [2.45, 2.75) is 6.18 Å². The van der Waals surface area contributed by atoms with E-state index in [2.05, 4.69) is 31.9 Å². The number of carbonyl (C=O) groups excluding carboxylic acids is 1. The molecule has 7 heteroatoms. The van der Waals surface area contributed by atoms with E-state index in [0.717, 1.165) is 6.07 Å². The van der Waals surface area contributed by atoms with Crippen LogP contribution in [-0.4, -0.2) is 5.78 Å². The van der Waals surface area contributed by atoms with Gasteiger partial charge in [0.15, 0.2) is 10.4 Å². The fourth-order valence-electron chi connectivity index (χ4n) is 1.46. The van der Waals surface area contributed by atoms with Gasteiger partial charge >= 0.3 is 6.18 Å². The molecule has 1 heterocycles. The monoisotopic (exact) mass is 396 g/mol. The van der Waals surface area contributed by atoms with E-state index >= 15 is 0 Å². The summed E-state index contributed by atoms with van der Waals surface area (Å²) in [4.78, 5) is 12.0. The van der Waals surface area contributed by atoms with Crippen molar-refractivity contribution in [3.63, 3.8) is 0 Å². The molecule has 0 unspecified atom stereocenters. The first kappa shape index (κ1) is 14.3. The first-order valence-electron chi connectivity index (χ1n) is 4.96. The second-order valence-electron chi connectivity index (χ2n) is 3.63. The summed E-state index contributed by atoms with van der Waals surface area (Å²) >= 11 is 5.84. The van der Waals surface area contributed by atoms with E-state index in [1.807, 2.05) is 0 Å². The normalized spacial score (nSPS) is 11.6. The summed E-state index contributed by atoms with van der Waals surface area (Å²) in [6.07, 6.45) is -4.53. The Hall–Kier alpha value is -1.08. The lowest BCUT2D eigenvalue weighted by Gasteiger charge is -2.10. The van der Waals surface area contributed by atoms with Gasteiger partial charge in [0.25, 0.3) is 0 Å². The number of furan rings is 1. The summed E-state index contributed by atoms with van der Waals surface area (Å²) in [5.74, 6) is -0.633. The standard InChI is InChI=1S/C12H5Br2F3O2/c13-8-2-1-6(5-7(8)12(15,16)17)11(18)9-3-4-10(14)19-9/h1-5H. The van der Waals surface area contributed by atoms with Gasteiger partial charge in [0, 0.05) is 10.0 Å². The van der Waals surface area contributed by atoms with Crippen LogP contribution in [0.4, 0.5) is 13.2 Å². The summed E-state index contributed by atoms with van der Waals surface area (Å²) in [5.41, 5.74) is -0.985. The minimum Gasteiger partial charge on any atom is -0.446 e. The quantitative estimate of drug-likeness (QED) is 0.663. The number of hydrogen-bond acceptors (Lipinski definition) is 2. The molecule has 0 spiro atoms. The zero-order valence-corrected chi connectivity index (χ0v) is 12.3. The van der Waals surface area contributed by atoms with Gasteiger partial charge in [0.05, 0.1) is 5.56 Å². The number of benzene rings is 1. The van der Waals surface area contributed by atoms with Gasteiger partial charge in [0.1, 0.15) is 0 Å². The third-order valence-corrected chi connectivity index (χ3v) is 3.45. The van der Waals surface area contributed by atoms with Crippen LogP contribution in [0.1, 0.15) is 21.7 Å². The molecule has 0 aliphatic carbocycles. The van der Waals surface area contributed by atoms with Crippen LogP contribution < -0.4 is 0 Å². The van der Waals surface area contributed by atoms with Crippen LogP contribution in [0.15, 0.2) is 43.9 Å². The molecule has 0 saturated carbocycles. The van der Waals surface area contributed by atoms with E-state index < -0.39 is 17.5 Å². The predicted molar refractivity (Wildman–Crippen MR) is 69.0 cm³/mol. The Kier molecular flexibility index (Phi) is 3.87. The zero-order chi connectivity index (χ0) is 14.2. The smallest absolute Gasteiger partial charge is 0.417 e. The van der Waals surface area contributed by atoms with Crippen LogP contribution in [0.3, 0.4) is 0 Å². The number of halogens is 5. The minimum atomic E-state index is -4.53. The molecule has 0 aliphatic rings. The molecule has 2 nitrogen and oxygen atoms in total. The molecule has 0 radical (unpaired) electrons. The van der Waals surface area contributed by atoms with E-state index in [1.54, 1.807) is 0 Å². The van der Waals surface area contributed by atoms with Crippen molar-refractivity contribution in [2.75, 3.05) is 0 Å². The van der Waals surface area contributed by atoms with Crippen LogP contribution in [0.2, 0.25) is 0 Å². The maximum atomic E-state index is 12.7. The molecule has 1 aromatic heterocycles. The van der Waals surface area contributed by atoms with Crippen molar-refractivity contribution in [1.82, 2.24) is 0 Å². The van der Waals surface area contributed by atoms with Crippen molar-refractivity contribution in [1.29, 1.82) is 0 Å². The summed E-state index contributed by atoms with van der Waals surface area (Å²) in [7, 11) is 0. The molecule has 0 saturated heterocycles. The highest BCUT2D eigenvalue weighted by atomic mass is 79.9. The van der Waals surface area contributed by atoms with Crippen LogP contribution in [0.25, 0.3) is 0 Å². The molecule has 2 rings (SSSR count). The average Bonchev–Trinajstić information content (AvgIpc) is 2.74. The first-order valence-corrected chi connectivity index (χ1v) is 6.54. The molecule has 0 bridgehead atoms. The topological polar surface area (TPSA) is 30.2 Å². The van der Waals surface area contributed by atoms with E-state index in [-0.39, 0.29) is 15.8 Å². The van der Waals surface area contributed by atoms with Gasteiger partial charge in [-0.05, 0) is 46.3 Å². The highest BCUT2D eigenvalue weighted by Gasteiger charge is 2.33.